The highest BCUT2D eigenvalue weighted by molar-refractivity contribution is 5.32. The molecule has 0 bridgehead atoms. The van der Waals surface area contributed by atoms with Crippen molar-refractivity contribution in [1.82, 2.24) is 0 Å². The molecule has 0 atom stereocenters. The third kappa shape index (κ3) is 2.13. The molecule has 0 amide bonds. The van der Waals surface area contributed by atoms with Crippen molar-refractivity contribution in [2.24, 2.45) is 0 Å². The Morgan fingerprint density at radius 1 is 0.800 bits per heavy atom. The van der Waals surface area contributed by atoms with Gasteiger partial charge in [-0.2, -0.15) is 4.39 Å². The highest BCUT2D eigenvalue weighted by Crippen LogP contribution is 2.25. The van der Waals surface area contributed by atoms with Crippen molar-refractivity contribution in [3.05, 3.63) is 60.2 Å². The molecule has 0 aliphatic heterocycles. The Morgan fingerprint density at radius 2 is 1.53 bits per heavy atom. The second-order valence-electron chi connectivity index (χ2n) is 2.97. The summed E-state index contributed by atoms with van der Waals surface area (Å²) in [5, 5.41) is 0. The quantitative estimate of drug-likeness (QED) is 0.726. The van der Waals surface area contributed by atoms with Crippen LogP contribution in [0.5, 0.6) is 11.5 Å². The molecule has 3 heteroatoms. The Bertz CT molecular complexity index is 454. The van der Waals surface area contributed by atoms with E-state index in [1.54, 1.807) is 24.3 Å². The molecule has 0 aliphatic carbocycles. The summed E-state index contributed by atoms with van der Waals surface area (Å²) in [4.78, 5) is 0. The zero-order valence-corrected chi connectivity index (χ0v) is 7.78. The maximum Gasteiger partial charge on any atom is 0.201 e. The zero-order chi connectivity index (χ0) is 10.7. The summed E-state index contributed by atoms with van der Waals surface area (Å²) in [6.07, 6.45) is 0. The van der Waals surface area contributed by atoms with Gasteiger partial charge in [0.1, 0.15) is 5.75 Å². The molecule has 2 aromatic rings. The van der Waals surface area contributed by atoms with Crippen molar-refractivity contribution in [2.75, 3.05) is 0 Å². The number of rotatable bonds is 2. The first-order chi connectivity index (χ1) is 7.27. The van der Waals surface area contributed by atoms with Crippen LogP contribution in [-0.2, 0) is 0 Å². The molecule has 0 heterocycles. The van der Waals surface area contributed by atoms with Crippen LogP contribution in [0.2, 0.25) is 0 Å². The van der Waals surface area contributed by atoms with Crippen LogP contribution in [0.25, 0.3) is 0 Å². The summed E-state index contributed by atoms with van der Waals surface area (Å²) in [5.41, 5.74) is 0. The molecule has 2 rings (SSSR count). The lowest BCUT2D eigenvalue weighted by Gasteiger charge is -2.06. The molecular formula is C12H8F2O. The van der Waals surface area contributed by atoms with Crippen molar-refractivity contribution in [3.8, 4) is 11.5 Å². The number of hydrogen-bond donors (Lipinski definition) is 0. The second-order valence-corrected chi connectivity index (χ2v) is 2.97. The van der Waals surface area contributed by atoms with Crippen LogP contribution in [0.15, 0.2) is 48.5 Å². The SMILES string of the molecule is Fc1cccc(Oc2ccccc2)c1F. The number of para-hydroxylation sites is 1. The molecule has 0 radical (unpaired) electrons. The molecule has 2 aromatic carbocycles. The maximum atomic E-state index is 13.2. The molecule has 0 unspecified atom stereocenters. The van der Waals surface area contributed by atoms with Crippen LogP contribution in [0.4, 0.5) is 8.78 Å². The standard InChI is InChI=1S/C12H8F2O/c13-10-7-4-8-11(12(10)14)15-9-5-2-1-3-6-9/h1-8H. The van der Waals surface area contributed by atoms with Gasteiger partial charge in [-0.1, -0.05) is 24.3 Å². The van der Waals surface area contributed by atoms with Gasteiger partial charge >= 0.3 is 0 Å². The summed E-state index contributed by atoms with van der Waals surface area (Å²) in [6.45, 7) is 0. The largest absolute Gasteiger partial charge is 0.454 e. The minimum atomic E-state index is -0.971. The highest BCUT2D eigenvalue weighted by Gasteiger charge is 2.08. The lowest BCUT2D eigenvalue weighted by atomic mass is 10.3. The molecular weight excluding hydrogens is 198 g/mol. The van der Waals surface area contributed by atoms with Crippen molar-refractivity contribution in [1.29, 1.82) is 0 Å². The molecule has 0 aliphatic rings. The molecule has 1 nitrogen and oxygen atoms in total. The summed E-state index contributed by atoms with van der Waals surface area (Å²) >= 11 is 0. The number of ether oxygens (including phenoxy) is 1. The number of hydrogen-bond acceptors (Lipinski definition) is 1. The van der Waals surface area contributed by atoms with E-state index in [0.717, 1.165) is 6.07 Å². The van der Waals surface area contributed by atoms with Crippen LogP contribution >= 0.6 is 0 Å². The summed E-state index contributed by atoms with van der Waals surface area (Å²) in [7, 11) is 0. The predicted octanol–water partition coefficient (Wildman–Crippen LogP) is 3.76. The molecule has 0 spiro atoms. The lowest BCUT2D eigenvalue weighted by Crippen LogP contribution is -1.90. The van der Waals surface area contributed by atoms with Gasteiger partial charge in [0.15, 0.2) is 11.6 Å². The first-order valence-corrected chi connectivity index (χ1v) is 4.44. The molecule has 15 heavy (non-hydrogen) atoms. The monoisotopic (exact) mass is 206 g/mol. The molecule has 0 fully saturated rings. The predicted molar refractivity (Wildman–Crippen MR) is 52.9 cm³/mol. The fraction of sp³-hybridized carbons (Fsp3) is 0. The average molecular weight is 206 g/mol. The van der Waals surface area contributed by atoms with Crippen LogP contribution < -0.4 is 4.74 Å². The van der Waals surface area contributed by atoms with Gasteiger partial charge in [0.25, 0.3) is 0 Å². The van der Waals surface area contributed by atoms with Gasteiger partial charge in [-0.15, -0.1) is 0 Å². The second kappa shape index (κ2) is 4.09. The van der Waals surface area contributed by atoms with E-state index in [-0.39, 0.29) is 5.75 Å². The first kappa shape index (κ1) is 9.65. The topological polar surface area (TPSA) is 9.23 Å². The van der Waals surface area contributed by atoms with Crippen molar-refractivity contribution >= 4 is 0 Å². The smallest absolute Gasteiger partial charge is 0.201 e. The Labute approximate surface area is 85.9 Å². The minimum Gasteiger partial charge on any atom is -0.454 e. The normalized spacial score (nSPS) is 10.0. The van der Waals surface area contributed by atoms with Crippen molar-refractivity contribution < 1.29 is 13.5 Å². The van der Waals surface area contributed by atoms with Gasteiger partial charge in [-0.05, 0) is 24.3 Å². The molecule has 0 saturated heterocycles. The fourth-order valence-corrected chi connectivity index (χ4v) is 1.18. The molecule has 0 saturated carbocycles. The van der Waals surface area contributed by atoms with Gasteiger partial charge < -0.3 is 4.74 Å². The van der Waals surface area contributed by atoms with E-state index in [1.165, 1.54) is 12.1 Å². The fourth-order valence-electron chi connectivity index (χ4n) is 1.18. The van der Waals surface area contributed by atoms with E-state index in [9.17, 15) is 8.78 Å². The van der Waals surface area contributed by atoms with Gasteiger partial charge in [-0.3, -0.25) is 0 Å². The molecule has 0 N–H and O–H groups in total. The highest BCUT2D eigenvalue weighted by atomic mass is 19.2. The Hall–Kier alpha value is -1.90. The Kier molecular flexibility index (Phi) is 2.63. The van der Waals surface area contributed by atoms with E-state index in [1.807, 2.05) is 6.07 Å². The van der Waals surface area contributed by atoms with Crippen LogP contribution in [0, 0.1) is 11.6 Å². The third-order valence-corrected chi connectivity index (χ3v) is 1.89. The van der Waals surface area contributed by atoms with Gasteiger partial charge in [0.2, 0.25) is 5.82 Å². The summed E-state index contributed by atoms with van der Waals surface area (Å²) < 4.78 is 31.2. The van der Waals surface area contributed by atoms with Gasteiger partial charge in [0.05, 0.1) is 0 Å². The van der Waals surface area contributed by atoms with Crippen LogP contribution in [0.1, 0.15) is 0 Å². The number of benzene rings is 2. The summed E-state index contributed by atoms with van der Waals surface area (Å²) in [5.74, 6) is -1.52. The van der Waals surface area contributed by atoms with E-state index in [4.69, 9.17) is 4.74 Å². The Morgan fingerprint density at radius 3 is 2.27 bits per heavy atom. The minimum absolute atomic E-state index is 0.110. The van der Waals surface area contributed by atoms with E-state index >= 15 is 0 Å². The van der Waals surface area contributed by atoms with E-state index in [0.29, 0.717) is 5.75 Å². The van der Waals surface area contributed by atoms with Gasteiger partial charge in [0, 0.05) is 0 Å². The van der Waals surface area contributed by atoms with Crippen LogP contribution in [0.3, 0.4) is 0 Å². The lowest BCUT2D eigenvalue weighted by molar-refractivity contribution is 0.416. The average Bonchev–Trinajstić information content (AvgIpc) is 2.26. The molecule has 76 valence electrons. The van der Waals surface area contributed by atoms with E-state index < -0.39 is 11.6 Å². The number of halogens is 2. The van der Waals surface area contributed by atoms with Crippen LogP contribution in [-0.4, -0.2) is 0 Å². The summed E-state index contributed by atoms with van der Waals surface area (Å²) in [6, 6.07) is 12.5. The Balaban J connectivity index is 2.29. The first-order valence-electron chi connectivity index (χ1n) is 4.44. The van der Waals surface area contributed by atoms with E-state index in [2.05, 4.69) is 0 Å². The van der Waals surface area contributed by atoms with Crippen molar-refractivity contribution in [2.45, 2.75) is 0 Å². The zero-order valence-electron chi connectivity index (χ0n) is 7.78. The van der Waals surface area contributed by atoms with Gasteiger partial charge in [-0.25, -0.2) is 4.39 Å². The van der Waals surface area contributed by atoms with Crippen molar-refractivity contribution in [3.63, 3.8) is 0 Å². The maximum absolute atomic E-state index is 13.2. The third-order valence-electron chi connectivity index (χ3n) is 1.89. The molecule has 0 aromatic heterocycles.